The zero-order valence-electron chi connectivity index (χ0n) is 25.6. The van der Waals surface area contributed by atoms with Crippen molar-refractivity contribution in [1.29, 1.82) is 0 Å². The Morgan fingerprint density at radius 2 is 1.48 bits per heavy atom. The van der Waals surface area contributed by atoms with Crippen LogP contribution < -0.4 is 14.4 Å². The Hall–Kier alpha value is -4.63. The molecule has 0 aliphatic carbocycles. The molecule has 230 valence electrons. The van der Waals surface area contributed by atoms with Gasteiger partial charge in [-0.3, -0.25) is 13.9 Å². The third-order valence-corrected chi connectivity index (χ3v) is 9.23. The fraction of sp³-hybridized carbons (Fsp3) is 0.257. The summed E-state index contributed by atoms with van der Waals surface area (Å²) in [5, 5.41) is 2.71. The number of nitrogens with one attached hydrogen (secondary N) is 1. The molecule has 0 spiro atoms. The highest BCUT2D eigenvalue weighted by Crippen LogP contribution is 2.27. The molecule has 0 aromatic heterocycles. The molecule has 8 nitrogen and oxygen atoms in total. The smallest absolute Gasteiger partial charge is 0.264 e. The Morgan fingerprint density at radius 1 is 0.841 bits per heavy atom. The summed E-state index contributed by atoms with van der Waals surface area (Å²) in [6.07, 6.45) is 0.258. The van der Waals surface area contributed by atoms with Crippen molar-refractivity contribution in [2.75, 3.05) is 24.5 Å². The Kier molecular flexibility index (Phi) is 10.8. The van der Waals surface area contributed by atoms with Gasteiger partial charge in [-0.1, -0.05) is 72.3 Å². The lowest BCUT2D eigenvalue weighted by Crippen LogP contribution is -2.53. The lowest BCUT2D eigenvalue weighted by molar-refractivity contribution is -0.139. The lowest BCUT2D eigenvalue weighted by Gasteiger charge is -2.34. The maximum Gasteiger partial charge on any atom is 0.264 e. The van der Waals surface area contributed by atoms with E-state index in [-0.39, 0.29) is 23.8 Å². The number of nitrogens with zero attached hydrogens (tertiary/aromatic N) is 2. The van der Waals surface area contributed by atoms with E-state index >= 15 is 0 Å². The zero-order valence-corrected chi connectivity index (χ0v) is 26.4. The first-order chi connectivity index (χ1) is 21.1. The Labute approximate surface area is 260 Å². The van der Waals surface area contributed by atoms with Crippen molar-refractivity contribution < 1.29 is 22.7 Å². The number of rotatable bonds is 13. The van der Waals surface area contributed by atoms with Crippen LogP contribution in [0.1, 0.15) is 29.2 Å². The van der Waals surface area contributed by atoms with Crippen molar-refractivity contribution in [2.24, 2.45) is 0 Å². The molecule has 0 aliphatic heterocycles. The van der Waals surface area contributed by atoms with Gasteiger partial charge in [0.15, 0.2) is 0 Å². The van der Waals surface area contributed by atoms with Crippen LogP contribution in [0.4, 0.5) is 5.69 Å². The van der Waals surface area contributed by atoms with E-state index in [2.05, 4.69) is 5.32 Å². The third-order valence-electron chi connectivity index (χ3n) is 7.44. The minimum absolute atomic E-state index is 0.0203. The molecule has 0 saturated heterocycles. The second-order valence-electron chi connectivity index (χ2n) is 10.5. The van der Waals surface area contributed by atoms with Crippen LogP contribution >= 0.6 is 0 Å². The van der Waals surface area contributed by atoms with Crippen molar-refractivity contribution in [1.82, 2.24) is 10.2 Å². The summed E-state index contributed by atoms with van der Waals surface area (Å²) < 4.78 is 34.9. The Balaban J connectivity index is 1.78. The normalized spacial score (nSPS) is 11.8. The first-order valence-corrected chi connectivity index (χ1v) is 16.0. The van der Waals surface area contributed by atoms with Crippen LogP contribution in [0.2, 0.25) is 0 Å². The van der Waals surface area contributed by atoms with E-state index in [0.29, 0.717) is 18.0 Å². The molecule has 1 unspecified atom stereocenters. The van der Waals surface area contributed by atoms with Crippen LogP contribution in [0.25, 0.3) is 0 Å². The highest BCUT2D eigenvalue weighted by molar-refractivity contribution is 7.92. The van der Waals surface area contributed by atoms with Gasteiger partial charge in [-0.2, -0.15) is 0 Å². The number of benzene rings is 4. The summed E-state index contributed by atoms with van der Waals surface area (Å²) in [5.74, 6) is -0.303. The van der Waals surface area contributed by atoms with Gasteiger partial charge in [-0.25, -0.2) is 8.42 Å². The number of anilines is 1. The zero-order chi connectivity index (χ0) is 31.7. The summed E-state index contributed by atoms with van der Waals surface area (Å²) >= 11 is 0. The Morgan fingerprint density at radius 3 is 2.09 bits per heavy atom. The first-order valence-electron chi connectivity index (χ1n) is 14.6. The second kappa shape index (κ2) is 14.7. The number of carbonyl (C=O) groups is 2. The molecule has 4 rings (SSSR count). The van der Waals surface area contributed by atoms with Gasteiger partial charge >= 0.3 is 0 Å². The van der Waals surface area contributed by atoms with E-state index in [0.717, 1.165) is 26.6 Å². The maximum atomic E-state index is 14.4. The van der Waals surface area contributed by atoms with Crippen LogP contribution in [0.5, 0.6) is 5.75 Å². The highest BCUT2D eigenvalue weighted by Gasteiger charge is 2.34. The number of hydrogen-bond acceptors (Lipinski definition) is 5. The molecule has 0 aliphatic rings. The van der Waals surface area contributed by atoms with Crippen LogP contribution in [0.15, 0.2) is 108 Å². The van der Waals surface area contributed by atoms with Crippen molar-refractivity contribution in [3.63, 3.8) is 0 Å². The molecule has 4 aromatic rings. The predicted molar refractivity (Wildman–Crippen MR) is 173 cm³/mol. The van der Waals surface area contributed by atoms with E-state index in [1.807, 2.05) is 75.4 Å². The van der Waals surface area contributed by atoms with Gasteiger partial charge in [0.05, 0.1) is 17.2 Å². The molecule has 4 aromatic carbocycles. The molecular weight excluding hydrogens is 574 g/mol. The minimum Gasteiger partial charge on any atom is -0.494 e. The molecule has 1 N–H and O–H groups in total. The summed E-state index contributed by atoms with van der Waals surface area (Å²) in [6, 6.07) is 29.3. The summed E-state index contributed by atoms with van der Waals surface area (Å²) in [7, 11) is -2.66. The molecule has 1 atom stereocenters. The summed E-state index contributed by atoms with van der Waals surface area (Å²) in [6.45, 7) is 5.76. The minimum atomic E-state index is -4.19. The van der Waals surface area contributed by atoms with E-state index in [9.17, 15) is 18.0 Å². The lowest BCUT2D eigenvalue weighted by atomic mass is 10.0. The molecule has 0 fully saturated rings. The summed E-state index contributed by atoms with van der Waals surface area (Å²) in [5.41, 5.74) is 3.98. The number of ether oxygens (including phenoxy) is 1. The van der Waals surface area contributed by atoms with Gasteiger partial charge in [0.2, 0.25) is 11.8 Å². The predicted octanol–water partition coefficient (Wildman–Crippen LogP) is 5.28. The van der Waals surface area contributed by atoms with Gasteiger partial charge in [0.25, 0.3) is 10.0 Å². The van der Waals surface area contributed by atoms with E-state index in [1.54, 1.807) is 36.4 Å². The van der Waals surface area contributed by atoms with Gasteiger partial charge in [0.1, 0.15) is 18.3 Å². The molecule has 0 bridgehead atoms. The molecule has 44 heavy (non-hydrogen) atoms. The number of hydrogen-bond donors (Lipinski definition) is 1. The van der Waals surface area contributed by atoms with Gasteiger partial charge in [-0.15, -0.1) is 0 Å². The fourth-order valence-electron chi connectivity index (χ4n) is 4.93. The fourth-order valence-corrected chi connectivity index (χ4v) is 6.35. The standard InChI is InChI=1S/C35H39N3O5S/c1-5-43-31-19-21-32(22-20-31)44(41,42)38(30-17-15-26(2)16-18-30)25-34(39)37(24-29-14-10-9-11-27(29)3)33(35(40)36-4)23-28-12-7-6-8-13-28/h6-22,33H,5,23-25H2,1-4H3,(H,36,40). The van der Waals surface area contributed by atoms with E-state index in [4.69, 9.17) is 4.74 Å². The van der Waals surface area contributed by atoms with Crippen molar-refractivity contribution in [3.05, 3.63) is 125 Å². The third kappa shape index (κ3) is 7.85. The SMILES string of the molecule is CCOc1ccc(S(=O)(=O)N(CC(=O)N(Cc2ccccc2C)C(Cc2ccccc2)C(=O)NC)c2ccc(C)cc2)cc1. The van der Waals surface area contributed by atoms with Crippen LogP contribution in [0.3, 0.4) is 0 Å². The van der Waals surface area contributed by atoms with Gasteiger partial charge in [0, 0.05) is 20.0 Å². The number of amides is 2. The van der Waals surface area contributed by atoms with Crippen LogP contribution in [-0.2, 0) is 32.6 Å². The van der Waals surface area contributed by atoms with Gasteiger partial charge in [-0.05, 0) is 73.9 Å². The Bertz CT molecular complexity index is 1660. The van der Waals surface area contributed by atoms with Crippen molar-refractivity contribution in [2.45, 2.75) is 44.7 Å². The van der Waals surface area contributed by atoms with E-state index in [1.165, 1.54) is 24.1 Å². The summed E-state index contributed by atoms with van der Waals surface area (Å²) in [4.78, 5) is 29.3. The number of likely N-dealkylation sites (N-methyl/N-ethyl adjacent to an activating group) is 1. The largest absolute Gasteiger partial charge is 0.494 e. The average Bonchev–Trinajstić information content (AvgIpc) is 3.03. The number of carbonyl (C=O) groups excluding carboxylic acids is 2. The highest BCUT2D eigenvalue weighted by atomic mass is 32.2. The molecular formula is C35H39N3O5S. The molecule has 0 radical (unpaired) electrons. The van der Waals surface area contributed by atoms with Crippen LogP contribution in [-0.4, -0.2) is 51.4 Å². The average molecular weight is 614 g/mol. The molecule has 9 heteroatoms. The quantitative estimate of drug-likeness (QED) is 0.221. The number of aryl methyl sites for hydroxylation is 2. The molecule has 2 amide bonds. The topological polar surface area (TPSA) is 96.0 Å². The van der Waals surface area contributed by atoms with Gasteiger partial charge < -0.3 is 15.0 Å². The monoisotopic (exact) mass is 613 g/mol. The molecule has 0 saturated carbocycles. The van der Waals surface area contributed by atoms with Crippen molar-refractivity contribution >= 4 is 27.5 Å². The number of sulfonamides is 1. The van der Waals surface area contributed by atoms with Crippen LogP contribution in [0, 0.1) is 13.8 Å². The molecule has 0 heterocycles. The van der Waals surface area contributed by atoms with E-state index < -0.39 is 28.5 Å². The first kappa shape index (κ1) is 32.3. The maximum absolute atomic E-state index is 14.4. The van der Waals surface area contributed by atoms with Crippen molar-refractivity contribution in [3.8, 4) is 5.75 Å². The second-order valence-corrected chi connectivity index (χ2v) is 12.4.